The lowest BCUT2D eigenvalue weighted by Gasteiger charge is -2.20. The van der Waals surface area contributed by atoms with E-state index in [0.717, 1.165) is 17.0 Å². The number of hydrogen-bond donors (Lipinski definition) is 2. The molecule has 0 atom stereocenters. The highest BCUT2D eigenvalue weighted by Crippen LogP contribution is 2.23. The molecule has 3 aromatic rings. The fourth-order valence-electron chi connectivity index (χ4n) is 2.58. The lowest BCUT2D eigenvalue weighted by molar-refractivity contribution is -0.118. The molecule has 0 fully saturated rings. The first-order valence-corrected chi connectivity index (χ1v) is 9.41. The van der Waals surface area contributed by atoms with E-state index in [1.54, 1.807) is 12.5 Å². The molecule has 0 aliphatic carbocycles. The Kier molecular flexibility index (Phi) is 6.23. The van der Waals surface area contributed by atoms with Crippen molar-refractivity contribution in [1.82, 2.24) is 9.88 Å². The predicted octanol–water partition coefficient (Wildman–Crippen LogP) is 3.02. The van der Waals surface area contributed by atoms with Gasteiger partial charge in [-0.25, -0.2) is 4.98 Å². The maximum Gasteiger partial charge on any atom is 0.274 e. The van der Waals surface area contributed by atoms with Gasteiger partial charge in [0.25, 0.3) is 5.91 Å². The van der Waals surface area contributed by atoms with E-state index < -0.39 is 5.91 Å². The van der Waals surface area contributed by atoms with E-state index in [1.165, 1.54) is 16.2 Å². The summed E-state index contributed by atoms with van der Waals surface area (Å²) < 4.78 is 5.13. The van der Waals surface area contributed by atoms with Crippen LogP contribution in [-0.4, -0.2) is 35.4 Å². The van der Waals surface area contributed by atoms with E-state index in [1.807, 2.05) is 54.6 Å². The van der Waals surface area contributed by atoms with Crippen molar-refractivity contribution in [3.63, 3.8) is 0 Å². The van der Waals surface area contributed by atoms with Gasteiger partial charge in [0.2, 0.25) is 5.91 Å². The quantitative estimate of drug-likeness (QED) is 0.610. The molecule has 0 bridgehead atoms. The number of amides is 2. The van der Waals surface area contributed by atoms with Gasteiger partial charge < -0.3 is 20.7 Å². The molecule has 0 saturated carbocycles. The van der Waals surface area contributed by atoms with Crippen molar-refractivity contribution in [2.45, 2.75) is 6.54 Å². The van der Waals surface area contributed by atoms with Crippen LogP contribution in [0.5, 0.6) is 5.75 Å². The van der Waals surface area contributed by atoms with Gasteiger partial charge in [-0.1, -0.05) is 30.3 Å². The highest BCUT2D eigenvalue weighted by molar-refractivity contribution is 7.14. The summed E-state index contributed by atoms with van der Waals surface area (Å²) in [6.45, 7) is 0.105. The normalized spacial score (nSPS) is 10.3. The van der Waals surface area contributed by atoms with Gasteiger partial charge in [0, 0.05) is 17.6 Å². The molecule has 0 aliphatic rings. The van der Waals surface area contributed by atoms with Crippen LogP contribution < -0.4 is 15.8 Å². The standard InChI is InChI=1S/C20H20N4O3S/c1-27-16-9-7-15(8-10-16)22-20-23-17(13-28-20)19(26)24(12-18(21)25)11-14-5-3-2-4-6-14/h2-10,13H,11-12H2,1H3,(H2,21,25)(H,22,23). The summed E-state index contributed by atoms with van der Waals surface area (Å²) in [5.74, 6) is -0.165. The van der Waals surface area contributed by atoms with Crippen molar-refractivity contribution in [2.75, 3.05) is 19.0 Å². The average Bonchev–Trinajstić information content (AvgIpc) is 3.16. The van der Waals surface area contributed by atoms with Gasteiger partial charge in [-0.2, -0.15) is 0 Å². The Hall–Kier alpha value is -3.39. The molecule has 2 aromatic carbocycles. The molecule has 0 spiro atoms. The molecule has 0 aliphatic heterocycles. The second kappa shape index (κ2) is 9.01. The van der Waals surface area contributed by atoms with E-state index in [0.29, 0.717) is 5.13 Å². The number of hydrogen-bond acceptors (Lipinski definition) is 6. The maximum absolute atomic E-state index is 12.9. The zero-order valence-electron chi connectivity index (χ0n) is 15.3. The Bertz CT molecular complexity index is 942. The van der Waals surface area contributed by atoms with E-state index in [2.05, 4.69) is 10.3 Å². The van der Waals surface area contributed by atoms with Gasteiger partial charge in [-0.05, 0) is 29.8 Å². The molecule has 3 rings (SSSR count). The Morgan fingerprint density at radius 2 is 1.86 bits per heavy atom. The number of nitrogens with one attached hydrogen (secondary N) is 1. The number of methoxy groups -OCH3 is 1. The third-order valence-electron chi connectivity index (χ3n) is 3.91. The Labute approximate surface area is 166 Å². The zero-order chi connectivity index (χ0) is 19.9. The number of nitrogens with two attached hydrogens (primary N) is 1. The third-order valence-corrected chi connectivity index (χ3v) is 4.67. The number of anilines is 2. The molecule has 2 amide bonds. The van der Waals surface area contributed by atoms with Crippen LogP contribution in [0.25, 0.3) is 0 Å². The first kappa shape index (κ1) is 19.4. The van der Waals surface area contributed by atoms with Crippen LogP contribution in [0, 0.1) is 0 Å². The summed E-state index contributed by atoms with van der Waals surface area (Å²) in [5.41, 5.74) is 7.32. The van der Waals surface area contributed by atoms with Crippen molar-refractivity contribution >= 4 is 34.0 Å². The number of ether oxygens (including phenoxy) is 1. The van der Waals surface area contributed by atoms with Crippen molar-refractivity contribution in [3.05, 3.63) is 71.2 Å². The summed E-state index contributed by atoms with van der Waals surface area (Å²) in [5, 5.41) is 5.39. The van der Waals surface area contributed by atoms with Gasteiger partial charge in [-0.15, -0.1) is 11.3 Å². The third kappa shape index (κ3) is 5.08. The molecule has 1 heterocycles. The van der Waals surface area contributed by atoms with Crippen LogP contribution in [0.2, 0.25) is 0 Å². The van der Waals surface area contributed by atoms with Gasteiger partial charge >= 0.3 is 0 Å². The minimum absolute atomic E-state index is 0.174. The number of benzene rings is 2. The smallest absolute Gasteiger partial charge is 0.274 e. The molecule has 28 heavy (non-hydrogen) atoms. The van der Waals surface area contributed by atoms with E-state index in [4.69, 9.17) is 10.5 Å². The van der Waals surface area contributed by atoms with Crippen LogP contribution in [0.3, 0.4) is 0 Å². The molecule has 3 N–H and O–H groups in total. The first-order valence-electron chi connectivity index (χ1n) is 8.53. The van der Waals surface area contributed by atoms with Crippen molar-refractivity contribution in [1.29, 1.82) is 0 Å². The molecule has 144 valence electrons. The van der Waals surface area contributed by atoms with E-state index in [-0.39, 0.29) is 24.7 Å². The van der Waals surface area contributed by atoms with Crippen molar-refractivity contribution in [2.24, 2.45) is 5.73 Å². The van der Waals surface area contributed by atoms with Crippen LogP contribution in [0.1, 0.15) is 16.1 Å². The molecule has 1 aromatic heterocycles. The molecule has 8 heteroatoms. The van der Waals surface area contributed by atoms with Crippen LogP contribution in [-0.2, 0) is 11.3 Å². The van der Waals surface area contributed by atoms with E-state index >= 15 is 0 Å². The maximum atomic E-state index is 12.9. The number of carbonyl (C=O) groups is 2. The lowest BCUT2D eigenvalue weighted by Crippen LogP contribution is -2.38. The average molecular weight is 396 g/mol. The van der Waals surface area contributed by atoms with Gasteiger partial charge in [0.15, 0.2) is 5.13 Å². The summed E-state index contributed by atoms with van der Waals surface area (Å²) >= 11 is 1.31. The lowest BCUT2D eigenvalue weighted by atomic mass is 10.2. The molecule has 0 saturated heterocycles. The van der Waals surface area contributed by atoms with Gasteiger partial charge in [-0.3, -0.25) is 9.59 Å². The topological polar surface area (TPSA) is 97.6 Å². The summed E-state index contributed by atoms with van der Waals surface area (Å²) in [7, 11) is 1.61. The first-order chi connectivity index (χ1) is 13.5. The van der Waals surface area contributed by atoms with E-state index in [9.17, 15) is 9.59 Å². The van der Waals surface area contributed by atoms with Crippen LogP contribution in [0.4, 0.5) is 10.8 Å². The fraction of sp³-hybridized carbons (Fsp3) is 0.150. The summed E-state index contributed by atoms with van der Waals surface area (Å²) in [6.07, 6.45) is 0. The molecule has 0 unspecified atom stereocenters. The highest BCUT2D eigenvalue weighted by Gasteiger charge is 2.21. The minimum Gasteiger partial charge on any atom is -0.497 e. The number of thiazole rings is 1. The zero-order valence-corrected chi connectivity index (χ0v) is 16.1. The monoisotopic (exact) mass is 396 g/mol. The number of carbonyl (C=O) groups excluding carboxylic acids is 2. The molecule has 0 radical (unpaired) electrons. The Morgan fingerprint density at radius 3 is 2.50 bits per heavy atom. The van der Waals surface area contributed by atoms with Crippen molar-refractivity contribution in [3.8, 4) is 5.75 Å². The predicted molar refractivity (Wildman–Crippen MR) is 109 cm³/mol. The second-order valence-corrected chi connectivity index (χ2v) is 6.86. The molecule has 7 nitrogen and oxygen atoms in total. The molecular formula is C20H20N4O3S. The summed E-state index contributed by atoms with van der Waals surface area (Å²) in [4.78, 5) is 30.0. The van der Waals surface area contributed by atoms with Gasteiger partial charge in [0.1, 0.15) is 18.0 Å². The number of aromatic nitrogens is 1. The number of rotatable bonds is 8. The largest absolute Gasteiger partial charge is 0.497 e. The number of primary amides is 1. The van der Waals surface area contributed by atoms with Crippen LogP contribution >= 0.6 is 11.3 Å². The highest BCUT2D eigenvalue weighted by atomic mass is 32.1. The number of nitrogens with zero attached hydrogens (tertiary/aromatic N) is 2. The Morgan fingerprint density at radius 1 is 1.14 bits per heavy atom. The fourth-order valence-corrected chi connectivity index (χ4v) is 3.29. The Balaban J connectivity index is 1.72. The summed E-state index contributed by atoms with van der Waals surface area (Å²) in [6, 6.07) is 16.8. The minimum atomic E-state index is -0.573. The van der Waals surface area contributed by atoms with Gasteiger partial charge in [0.05, 0.1) is 7.11 Å². The SMILES string of the molecule is COc1ccc(Nc2nc(C(=O)N(CC(N)=O)Cc3ccccc3)cs2)cc1. The van der Waals surface area contributed by atoms with Crippen LogP contribution in [0.15, 0.2) is 60.0 Å². The van der Waals surface area contributed by atoms with Crippen molar-refractivity contribution < 1.29 is 14.3 Å². The molecular weight excluding hydrogens is 376 g/mol. The second-order valence-electron chi connectivity index (χ2n) is 6.00.